The van der Waals surface area contributed by atoms with Gasteiger partial charge in [0.25, 0.3) is 0 Å². The number of rotatable bonds is 5. The summed E-state index contributed by atoms with van der Waals surface area (Å²) >= 11 is 1.42. The topological polar surface area (TPSA) is 76.1 Å². The maximum atomic E-state index is 12.0. The van der Waals surface area contributed by atoms with E-state index in [1.54, 1.807) is 0 Å². The Morgan fingerprint density at radius 2 is 2.17 bits per heavy atom. The molecule has 6 nitrogen and oxygen atoms in total. The van der Waals surface area contributed by atoms with Gasteiger partial charge in [-0.15, -0.1) is 22.6 Å². The lowest BCUT2D eigenvalue weighted by molar-refractivity contribution is -0.117. The number of aromatic nitrogens is 2. The summed E-state index contributed by atoms with van der Waals surface area (Å²) in [7, 11) is 0. The number of benzene rings is 1. The van der Waals surface area contributed by atoms with Gasteiger partial charge in [0.2, 0.25) is 11.0 Å². The van der Waals surface area contributed by atoms with E-state index < -0.39 is 0 Å². The van der Waals surface area contributed by atoms with E-state index in [0.717, 1.165) is 18.0 Å². The van der Waals surface area contributed by atoms with Crippen LogP contribution in [0.4, 0.5) is 5.13 Å². The Morgan fingerprint density at radius 1 is 1.38 bits per heavy atom. The van der Waals surface area contributed by atoms with Crippen LogP contribution in [-0.4, -0.2) is 41.9 Å². The quantitative estimate of drug-likeness (QED) is 0.845. The lowest BCUT2D eigenvalue weighted by atomic mass is 10.1. The second kappa shape index (κ2) is 9.08. The summed E-state index contributed by atoms with van der Waals surface area (Å²) in [5, 5.41) is 15.7. The lowest BCUT2D eigenvalue weighted by Gasteiger charge is -2.22. The molecule has 1 aliphatic rings. The van der Waals surface area contributed by atoms with Crippen LogP contribution in [0.25, 0.3) is 0 Å². The molecule has 2 aromatic rings. The first-order valence-electron chi connectivity index (χ1n) is 7.68. The number of ether oxygens (including phenoxy) is 1. The lowest BCUT2D eigenvalue weighted by Crippen LogP contribution is -2.43. The number of hydrogen-bond donors (Lipinski definition) is 2. The van der Waals surface area contributed by atoms with Crippen molar-refractivity contribution in [1.82, 2.24) is 15.5 Å². The zero-order valence-electron chi connectivity index (χ0n) is 13.4. The molecule has 3 rings (SSSR count). The molecule has 1 unspecified atom stereocenters. The number of carbonyl (C=O) groups excluding carboxylic acids is 1. The summed E-state index contributed by atoms with van der Waals surface area (Å²) in [6.45, 7) is 4.13. The standard InChI is InChI=1S/C16H20N4O2S.ClH/c1-11-2-4-12(5-3-11)8-15-19-20-16(23-15)18-14(21)9-13-10-22-7-6-17-13;/h2-5,13,17H,6-10H2,1H3,(H,18,20,21);1H. The van der Waals surface area contributed by atoms with Gasteiger partial charge in [-0.25, -0.2) is 0 Å². The SMILES string of the molecule is Cc1ccc(Cc2nnc(NC(=O)CC3COCCN3)s2)cc1.Cl. The second-order valence-corrected chi connectivity index (χ2v) is 6.70. The van der Waals surface area contributed by atoms with Crippen molar-refractivity contribution in [2.45, 2.75) is 25.8 Å². The van der Waals surface area contributed by atoms with Crippen LogP contribution in [0, 0.1) is 6.92 Å². The Kier molecular flexibility index (Phi) is 7.11. The van der Waals surface area contributed by atoms with E-state index in [1.807, 2.05) is 0 Å². The van der Waals surface area contributed by atoms with Crippen molar-refractivity contribution in [3.05, 3.63) is 40.4 Å². The van der Waals surface area contributed by atoms with E-state index in [4.69, 9.17) is 4.74 Å². The van der Waals surface area contributed by atoms with E-state index >= 15 is 0 Å². The summed E-state index contributed by atoms with van der Waals surface area (Å²) in [5.74, 6) is -0.0639. The van der Waals surface area contributed by atoms with Gasteiger partial charge in [-0.05, 0) is 12.5 Å². The summed E-state index contributed by atoms with van der Waals surface area (Å²) in [4.78, 5) is 12.0. The number of carbonyl (C=O) groups is 1. The minimum atomic E-state index is -0.0639. The van der Waals surface area contributed by atoms with Crippen molar-refractivity contribution in [1.29, 1.82) is 0 Å². The molecule has 2 N–H and O–H groups in total. The molecule has 0 radical (unpaired) electrons. The van der Waals surface area contributed by atoms with Crippen molar-refractivity contribution in [3.8, 4) is 0 Å². The van der Waals surface area contributed by atoms with Gasteiger partial charge < -0.3 is 15.4 Å². The zero-order valence-corrected chi connectivity index (χ0v) is 15.1. The molecule has 1 saturated heterocycles. The van der Waals surface area contributed by atoms with Crippen molar-refractivity contribution >= 4 is 34.8 Å². The van der Waals surface area contributed by atoms with Gasteiger partial charge in [-0.2, -0.15) is 0 Å². The summed E-state index contributed by atoms with van der Waals surface area (Å²) in [5.41, 5.74) is 2.42. The Morgan fingerprint density at radius 3 is 2.88 bits per heavy atom. The number of hydrogen-bond acceptors (Lipinski definition) is 6. The molecule has 0 spiro atoms. The highest BCUT2D eigenvalue weighted by Gasteiger charge is 2.18. The molecule has 2 heterocycles. The van der Waals surface area contributed by atoms with Crippen molar-refractivity contribution < 1.29 is 9.53 Å². The van der Waals surface area contributed by atoms with Gasteiger partial charge in [0.15, 0.2) is 0 Å². The fourth-order valence-corrected chi connectivity index (χ4v) is 3.19. The molecule has 0 aliphatic carbocycles. The van der Waals surface area contributed by atoms with Crippen LogP contribution < -0.4 is 10.6 Å². The summed E-state index contributed by atoms with van der Waals surface area (Å²) in [6, 6.07) is 8.41. The number of nitrogens with zero attached hydrogens (tertiary/aromatic N) is 2. The molecule has 1 atom stereocenters. The third kappa shape index (κ3) is 5.52. The van der Waals surface area contributed by atoms with E-state index in [1.165, 1.54) is 22.5 Å². The van der Waals surface area contributed by atoms with E-state index in [0.29, 0.717) is 24.8 Å². The normalized spacial score (nSPS) is 17.1. The van der Waals surface area contributed by atoms with Gasteiger partial charge in [-0.3, -0.25) is 4.79 Å². The highest BCUT2D eigenvalue weighted by molar-refractivity contribution is 7.15. The van der Waals surface area contributed by atoms with E-state index in [9.17, 15) is 4.79 Å². The number of anilines is 1. The van der Waals surface area contributed by atoms with E-state index in [-0.39, 0.29) is 24.4 Å². The molecule has 1 fully saturated rings. The number of halogens is 1. The first kappa shape index (κ1) is 18.8. The first-order valence-corrected chi connectivity index (χ1v) is 8.49. The molecule has 1 aromatic carbocycles. The monoisotopic (exact) mass is 368 g/mol. The maximum Gasteiger partial charge on any atom is 0.227 e. The molecule has 1 aromatic heterocycles. The predicted octanol–water partition coefficient (Wildman–Crippen LogP) is 2.18. The Hall–Kier alpha value is -1.54. The van der Waals surface area contributed by atoms with Gasteiger partial charge in [-0.1, -0.05) is 41.2 Å². The molecule has 0 saturated carbocycles. The van der Waals surface area contributed by atoms with Gasteiger partial charge in [0, 0.05) is 25.4 Å². The van der Waals surface area contributed by atoms with E-state index in [2.05, 4.69) is 52.0 Å². The Bertz CT molecular complexity index is 656. The average molecular weight is 369 g/mol. The maximum absolute atomic E-state index is 12.0. The molecule has 0 bridgehead atoms. The first-order chi connectivity index (χ1) is 11.2. The Labute approximate surface area is 151 Å². The molecule has 24 heavy (non-hydrogen) atoms. The van der Waals surface area contributed by atoms with Crippen LogP contribution in [0.15, 0.2) is 24.3 Å². The Balaban J connectivity index is 0.00000208. The number of nitrogens with one attached hydrogen (secondary N) is 2. The average Bonchev–Trinajstić information content (AvgIpc) is 2.97. The molecule has 1 aliphatic heterocycles. The van der Waals surface area contributed by atoms with Crippen LogP contribution in [0.3, 0.4) is 0 Å². The van der Waals surface area contributed by atoms with Crippen molar-refractivity contribution in [3.63, 3.8) is 0 Å². The molecular weight excluding hydrogens is 348 g/mol. The smallest absolute Gasteiger partial charge is 0.227 e. The zero-order chi connectivity index (χ0) is 16.1. The fourth-order valence-electron chi connectivity index (χ4n) is 2.40. The van der Waals surface area contributed by atoms with Crippen molar-refractivity contribution in [2.24, 2.45) is 0 Å². The number of morpholine rings is 1. The van der Waals surface area contributed by atoms with Crippen LogP contribution in [0.1, 0.15) is 22.6 Å². The summed E-state index contributed by atoms with van der Waals surface area (Å²) < 4.78 is 5.34. The second-order valence-electron chi connectivity index (χ2n) is 5.64. The van der Waals surface area contributed by atoms with Crippen LogP contribution in [0.2, 0.25) is 0 Å². The number of aryl methyl sites for hydroxylation is 1. The molecule has 8 heteroatoms. The van der Waals surface area contributed by atoms with Gasteiger partial charge in [0.05, 0.1) is 13.2 Å². The minimum absolute atomic E-state index is 0. The third-order valence-corrected chi connectivity index (χ3v) is 4.46. The third-order valence-electron chi connectivity index (χ3n) is 3.62. The summed E-state index contributed by atoms with van der Waals surface area (Å²) in [6.07, 6.45) is 1.11. The van der Waals surface area contributed by atoms with Gasteiger partial charge in [0.1, 0.15) is 5.01 Å². The van der Waals surface area contributed by atoms with Crippen LogP contribution in [-0.2, 0) is 16.0 Å². The van der Waals surface area contributed by atoms with Crippen LogP contribution >= 0.6 is 23.7 Å². The van der Waals surface area contributed by atoms with Crippen LogP contribution in [0.5, 0.6) is 0 Å². The molecule has 1 amide bonds. The fraction of sp³-hybridized carbons (Fsp3) is 0.438. The number of amides is 1. The molecule has 130 valence electrons. The minimum Gasteiger partial charge on any atom is -0.378 e. The highest BCUT2D eigenvalue weighted by atomic mass is 35.5. The molecular formula is C16H21ClN4O2S. The highest BCUT2D eigenvalue weighted by Crippen LogP contribution is 2.19. The largest absolute Gasteiger partial charge is 0.378 e. The predicted molar refractivity (Wildman–Crippen MR) is 97.0 cm³/mol. The van der Waals surface area contributed by atoms with Crippen molar-refractivity contribution in [2.75, 3.05) is 25.1 Å². The van der Waals surface area contributed by atoms with Gasteiger partial charge >= 0.3 is 0 Å².